The molecule has 1 fully saturated rings. The standard InChI is InChI=1S/C15H21N3O/c1-11-17-13-5-3-4-6-14(13)18(11)12-7-8-15(9-12,10-19)16-2/h3-6,12,16,19H,7-10H2,1-2H3. The van der Waals surface area contributed by atoms with E-state index in [-0.39, 0.29) is 12.1 Å². The molecule has 2 N–H and O–H groups in total. The molecular weight excluding hydrogens is 238 g/mol. The average Bonchev–Trinajstić information content (AvgIpc) is 2.99. The van der Waals surface area contributed by atoms with Crippen molar-refractivity contribution < 1.29 is 5.11 Å². The number of fused-ring (bicyclic) bond motifs is 1. The van der Waals surface area contributed by atoms with Crippen LogP contribution in [0.3, 0.4) is 0 Å². The molecule has 1 aliphatic carbocycles. The van der Waals surface area contributed by atoms with Crippen LogP contribution in [0.2, 0.25) is 0 Å². The van der Waals surface area contributed by atoms with Crippen molar-refractivity contribution in [2.45, 2.75) is 37.8 Å². The second kappa shape index (κ2) is 4.62. The van der Waals surface area contributed by atoms with Gasteiger partial charge in [0, 0.05) is 11.6 Å². The zero-order valence-corrected chi connectivity index (χ0v) is 11.6. The highest BCUT2D eigenvalue weighted by atomic mass is 16.3. The third-order valence-corrected chi connectivity index (χ3v) is 4.55. The molecule has 0 saturated heterocycles. The lowest BCUT2D eigenvalue weighted by atomic mass is 9.99. The smallest absolute Gasteiger partial charge is 0.106 e. The SMILES string of the molecule is CNC1(CO)CCC(n2c(C)nc3ccccc32)C1. The molecule has 2 unspecified atom stereocenters. The van der Waals surface area contributed by atoms with Gasteiger partial charge in [-0.1, -0.05) is 12.1 Å². The van der Waals surface area contributed by atoms with E-state index in [1.54, 1.807) is 0 Å². The monoisotopic (exact) mass is 259 g/mol. The highest BCUT2D eigenvalue weighted by Crippen LogP contribution is 2.39. The number of benzene rings is 1. The zero-order valence-electron chi connectivity index (χ0n) is 11.6. The van der Waals surface area contributed by atoms with Crippen LogP contribution in [0.25, 0.3) is 11.0 Å². The van der Waals surface area contributed by atoms with Crippen LogP contribution in [0.1, 0.15) is 31.1 Å². The van der Waals surface area contributed by atoms with Gasteiger partial charge < -0.3 is 15.0 Å². The molecule has 3 rings (SSSR count). The molecule has 0 aliphatic heterocycles. The molecule has 102 valence electrons. The van der Waals surface area contributed by atoms with Crippen molar-refractivity contribution in [2.24, 2.45) is 0 Å². The van der Waals surface area contributed by atoms with Crippen molar-refractivity contribution in [3.63, 3.8) is 0 Å². The van der Waals surface area contributed by atoms with Crippen LogP contribution in [0.15, 0.2) is 24.3 Å². The summed E-state index contributed by atoms with van der Waals surface area (Å²) in [4.78, 5) is 4.64. The number of imidazole rings is 1. The van der Waals surface area contributed by atoms with Crippen LogP contribution in [-0.4, -0.2) is 33.9 Å². The van der Waals surface area contributed by atoms with Crippen LogP contribution in [0.4, 0.5) is 0 Å². The van der Waals surface area contributed by atoms with Crippen LogP contribution in [0, 0.1) is 6.92 Å². The Morgan fingerprint density at radius 2 is 2.26 bits per heavy atom. The molecule has 1 saturated carbocycles. The summed E-state index contributed by atoms with van der Waals surface area (Å²) in [5, 5.41) is 12.9. The second-order valence-electron chi connectivity index (χ2n) is 5.60. The highest BCUT2D eigenvalue weighted by molar-refractivity contribution is 5.76. The van der Waals surface area contributed by atoms with Crippen LogP contribution >= 0.6 is 0 Å². The van der Waals surface area contributed by atoms with Crippen molar-refractivity contribution in [1.82, 2.24) is 14.9 Å². The summed E-state index contributed by atoms with van der Waals surface area (Å²) in [6, 6.07) is 8.71. The van der Waals surface area contributed by atoms with Crippen molar-refractivity contribution in [3.8, 4) is 0 Å². The number of aromatic nitrogens is 2. The Morgan fingerprint density at radius 1 is 1.47 bits per heavy atom. The molecule has 4 heteroatoms. The van der Waals surface area contributed by atoms with E-state index in [9.17, 15) is 5.11 Å². The van der Waals surface area contributed by atoms with E-state index in [0.29, 0.717) is 6.04 Å². The van der Waals surface area contributed by atoms with Crippen LogP contribution in [0.5, 0.6) is 0 Å². The number of nitrogens with one attached hydrogen (secondary N) is 1. The normalized spacial score (nSPS) is 27.2. The number of para-hydroxylation sites is 2. The number of nitrogens with zero attached hydrogens (tertiary/aromatic N) is 2. The number of aryl methyl sites for hydroxylation is 1. The molecule has 1 heterocycles. The number of likely N-dealkylation sites (N-methyl/N-ethyl adjacent to an activating group) is 1. The van der Waals surface area contributed by atoms with Gasteiger partial charge in [0.1, 0.15) is 5.82 Å². The molecule has 0 amide bonds. The predicted octanol–water partition coefficient (Wildman–Crippen LogP) is 2.02. The summed E-state index contributed by atoms with van der Waals surface area (Å²) in [5.74, 6) is 1.07. The largest absolute Gasteiger partial charge is 0.394 e. The second-order valence-corrected chi connectivity index (χ2v) is 5.60. The summed E-state index contributed by atoms with van der Waals surface area (Å²) in [6.07, 6.45) is 3.06. The van der Waals surface area contributed by atoms with E-state index < -0.39 is 0 Å². The Kier molecular flexibility index (Phi) is 3.07. The Balaban J connectivity index is 2.00. The predicted molar refractivity (Wildman–Crippen MR) is 76.2 cm³/mol. The molecule has 2 aromatic rings. The number of aliphatic hydroxyl groups excluding tert-OH is 1. The fraction of sp³-hybridized carbons (Fsp3) is 0.533. The lowest BCUT2D eigenvalue weighted by Crippen LogP contribution is -2.44. The molecule has 0 bridgehead atoms. The molecule has 0 radical (unpaired) electrons. The number of hydrogen-bond acceptors (Lipinski definition) is 3. The van der Waals surface area contributed by atoms with E-state index in [1.807, 2.05) is 13.1 Å². The van der Waals surface area contributed by atoms with Gasteiger partial charge in [-0.3, -0.25) is 0 Å². The Labute approximate surface area is 113 Å². The summed E-state index contributed by atoms with van der Waals surface area (Å²) in [6.45, 7) is 2.27. The first-order valence-corrected chi connectivity index (χ1v) is 6.92. The third-order valence-electron chi connectivity index (χ3n) is 4.55. The minimum Gasteiger partial charge on any atom is -0.394 e. The molecule has 19 heavy (non-hydrogen) atoms. The van der Waals surface area contributed by atoms with E-state index in [4.69, 9.17) is 0 Å². The molecule has 1 aliphatic rings. The first-order valence-electron chi connectivity index (χ1n) is 6.92. The molecule has 1 aromatic carbocycles. The van der Waals surface area contributed by atoms with Crippen molar-refractivity contribution in [2.75, 3.05) is 13.7 Å². The maximum Gasteiger partial charge on any atom is 0.106 e. The molecule has 1 aromatic heterocycles. The molecule has 0 spiro atoms. The Morgan fingerprint density at radius 3 is 2.95 bits per heavy atom. The van der Waals surface area contributed by atoms with Gasteiger partial charge in [-0.25, -0.2) is 4.98 Å². The maximum absolute atomic E-state index is 9.63. The number of hydrogen-bond donors (Lipinski definition) is 2. The van der Waals surface area contributed by atoms with Gasteiger partial charge in [0.2, 0.25) is 0 Å². The lowest BCUT2D eigenvalue weighted by molar-refractivity contribution is 0.169. The number of aliphatic hydroxyl groups is 1. The summed E-state index contributed by atoms with van der Waals surface area (Å²) < 4.78 is 2.34. The summed E-state index contributed by atoms with van der Waals surface area (Å²) >= 11 is 0. The Bertz CT molecular complexity index is 586. The summed E-state index contributed by atoms with van der Waals surface area (Å²) in [7, 11) is 1.94. The zero-order chi connectivity index (χ0) is 13.5. The van der Waals surface area contributed by atoms with Gasteiger partial charge in [-0.2, -0.15) is 0 Å². The lowest BCUT2D eigenvalue weighted by Gasteiger charge is -2.26. The molecule has 4 nitrogen and oxygen atoms in total. The van der Waals surface area contributed by atoms with Crippen LogP contribution < -0.4 is 5.32 Å². The first kappa shape index (κ1) is 12.6. The fourth-order valence-corrected chi connectivity index (χ4v) is 3.39. The van der Waals surface area contributed by atoms with Gasteiger partial charge in [0.05, 0.1) is 17.6 Å². The Hall–Kier alpha value is -1.39. The topological polar surface area (TPSA) is 50.1 Å². The fourth-order valence-electron chi connectivity index (χ4n) is 3.39. The van der Waals surface area contributed by atoms with Crippen molar-refractivity contribution in [3.05, 3.63) is 30.1 Å². The van der Waals surface area contributed by atoms with Gasteiger partial charge in [-0.05, 0) is 45.4 Å². The summed E-state index contributed by atoms with van der Waals surface area (Å²) in [5.41, 5.74) is 2.14. The maximum atomic E-state index is 9.63. The molecular formula is C15H21N3O. The minimum atomic E-state index is -0.123. The van der Waals surface area contributed by atoms with E-state index in [1.165, 1.54) is 5.52 Å². The minimum absolute atomic E-state index is 0.123. The number of rotatable bonds is 3. The third kappa shape index (κ3) is 1.95. The van der Waals surface area contributed by atoms with Gasteiger partial charge in [-0.15, -0.1) is 0 Å². The van der Waals surface area contributed by atoms with Gasteiger partial charge in [0.25, 0.3) is 0 Å². The first-order chi connectivity index (χ1) is 9.19. The van der Waals surface area contributed by atoms with Crippen LogP contribution in [-0.2, 0) is 0 Å². The van der Waals surface area contributed by atoms with E-state index >= 15 is 0 Å². The van der Waals surface area contributed by atoms with E-state index in [2.05, 4.69) is 40.0 Å². The highest BCUT2D eigenvalue weighted by Gasteiger charge is 2.38. The van der Waals surface area contributed by atoms with Gasteiger partial charge in [0.15, 0.2) is 0 Å². The van der Waals surface area contributed by atoms with Gasteiger partial charge >= 0.3 is 0 Å². The average molecular weight is 259 g/mol. The van der Waals surface area contributed by atoms with E-state index in [0.717, 1.165) is 30.6 Å². The quantitative estimate of drug-likeness (QED) is 0.886. The van der Waals surface area contributed by atoms with Crippen molar-refractivity contribution >= 4 is 11.0 Å². The molecule has 2 atom stereocenters. The van der Waals surface area contributed by atoms with Crippen molar-refractivity contribution in [1.29, 1.82) is 0 Å².